The van der Waals surface area contributed by atoms with E-state index < -0.39 is 81.8 Å². The van der Waals surface area contributed by atoms with Gasteiger partial charge in [-0.3, -0.25) is 19.2 Å². The second kappa shape index (κ2) is 15.5. The van der Waals surface area contributed by atoms with Crippen LogP contribution in [0.25, 0.3) is 5.76 Å². The molecule has 0 unspecified atom stereocenters. The van der Waals surface area contributed by atoms with E-state index >= 15 is 0 Å². The topological polar surface area (TPSA) is 207 Å². The number of phenolic OH excluding ortho intramolecular Hbond substituents is 1. The van der Waals surface area contributed by atoms with Gasteiger partial charge in [-0.05, 0) is 24.0 Å². The highest BCUT2D eigenvalue weighted by Crippen LogP contribution is 2.56. The maximum atomic E-state index is 13.8. The van der Waals surface area contributed by atoms with E-state index in [1.165, 1.54) is 63.9 Å². The van der Waals surface area contributed by atoms with Gasteiger partial charge >= 0.3 is 0 Å². The molecule has 0 bridgehead atoms. The first-order chi connectivity index (χ1) is 22.4. The standard InChI is InChI=1S/C36H50N2O9/c1-3-4-5-6-7-8-9-10-11-12-13-14-15-16-25(40)38-23-18-17-21-20(2)26-29(32(43)27(21)31(23)42)34(45)36(47)22(30(26)41)19-24(39)28(33(36)44)35(37)46/h17-18,20,22,26,30,41-44,47H,3-16,19H2,1-2H3,(H2,37,46)(H,38,40)/t20-,22-,26-,30-,36-/m1/s1. The molecule has 11 heteroatoms. The number of benzene rings is 1. The average Bonchev–Trinajstić information content (AvgIpc) is 3.02. The van der Waals surface area contributed by atoms with Crippen molar-refractivity contribution >= 4 is 34.8 Å². The van der Waals surface area contributed by atoms with Crippen LogP contribution in [-0.2, 0) is 19.2 Å². The Morgan fingerprint density at radius 2 is 1.47 bits per heavy atom. The van der Waals surface area contributed by atoms with Crippen LogP contribution in [0.5, 0.6) is 5.75 Å². The van der Waals surface area contributed by atoms with E-state index in [4.69, 9.17) is 5.73 Å². The van der Waals surface area contributed by atoms with Crippen LogP contribution in [0.2, 0.25) is 0 Å². The highest BCUT2D eigenvalue weighted by atomic mass is 16.4. The summed E-state index contributed by atoms with van der Waals surface area (Å²) in [7, 11) is 0. The molecule has 11 nitrogen and oxygen atoms in total. The summed E-state index contributed by atoms with van der Waals surface area (Å²) < 4.78 is 0. The fourth-order valence-corrected chi connectivity index (χ4v) is 7.61. The molecule has 1 aromatic carbocycles. The number of nitrogens with two attached hydrogens (primary N) is 1. The molecule has 0 aromatic heterocycles. The molecular formula is C36H50N2O9. The summed E-state index contributed by atoms with van der Waals surface area (Å²) in [6.07, 6.45) is 13.4. The van der Waals surface area contributed by atoms with Crippen molar-refractivity contribution in [2.24, 2.45) is 17.6 Å². The first kappa shape index (κ1) is 36.1. The van der Waals surface area contributed by atoms with Crippen LogP contribution in [0, 0.1) is 11.8 Å². The first-order valence-corrected chi connectivity index (χ1v) is 17.2. The number of aliphatic hydroxyl groups excluding tert-OH is 3. The van der Waals surface area contributed by atoms with Crippen molar-refractivity contribution < 1.29 is 44.7 Å². The number of hydrogen-bond acceptors (Lipinski definition) is 9. The van der Waals surface area contributed by atoms with E-state index in [0.717, 1.165) is 19.3 Å². The Morgan fingerprint density at radius 1 is 0.915 bits per heavy atom. The van der Waals surface area contributed by atoms with Crippen LogP contribution in [0.1, 0.15) is 127 Å². The number of anilines is 1. The number of hydrogen-bond donors (Lipinski definition) is 7. The second-order valence-corrected chi connectivity index (χ2v) is 13.5. The fourth-order valence-electron chi connectivity index (χ4n) is 7.61. The molecule has 3 aliphatic rings. The van der Waals surface area contributed by atoms with E-state index in [0.29, 0.717) is 12.0 Å². The summed E-state index contributed by atoms with van der Waals surface area (Å²) in [5.41, 5.74) is 1.15. The lowest BCUT2D eigenvalue weighted by Crippen LogP contribution is -2.63. The predicted molar refractivity (Wildman–Crippen MR) is 176 cm³/mol. The van der Waals surface area contributed by atoms with Gasteiger partial charge in [0, 0.05) is 30.3 Å². The van der Waals surface area contributed by atoms with Crippen LogP contribution in [0.3, 0.4) is 0 Å². The highest BCUT2D eigenvalue weighted by Gasteiger charge is 2.64. The number of carbonyl (C=O) groups is 4. The summed E-state index contributed by atoms with van der Waals surface area (Å²) in [5.74, 6) is -9.62. The van der Waals surface area contributed by atoms with Gasteiger partial charge in [0.15, 0.2) is 11.4 Å². The molecule has 0 saturated heterocycles. The normalized spacial score (nSPS) is 25.4. The number of amides is 2. The molecular weight excluding hydrogens is 604 g/mol. The fraction of sp³-hybridized carbons (Fsp3) is 0.611. The number of ketones is 2. The molecule has 8 N–H and O–H groups in total. The summed E-state index contributed by atoms with van der Waals surface area (Å²) in [6.45, 7) is 3.88. The van der Waals surface area contributed by atoms with E-state index in [-0.39, 0.29) is 23.6 Å². The molecule has 1 fully saturated rings. The van der Waals surface area contributed by atoms with Gasteiger partial charge in [0.1, 0.15) is 22.8 Å². The van der Waals surface area contributed by atoms with Gasteiger partial charge in [-0.1, -0.05) is 97.0 Å². The molecule has 3 aliphatic carbocycles. The zero-order valence-corrected chi connectivity index (χ0v) is 27.5. The average molecular weight is 655 g/mol. The number of aromatic hydroxyl groups is 1. The zero-order chi connectivity index (χ0) is 34.5. The lowest BCUT2D eigenvalue weighted by Gasteiger charge is -2.50. The van der Waals surface area contributed by atoms with Crippen LogP contribution < -0.4 is 11.1 Å². The Morgan fingerprint density at radius 3 is 2.02 bits per heavy atom. The second-order valence-electron chi connectivity index (χ2n) is 13.5. The van der Waals surface area contributed by atoms with Gasteiger partial charge in [0.25, 0.3) is 5.91 Å². The van der Waals surface area contributed by atoms with Crippen LogP contribution >= 0.6 is 0 Å². The first-order valence-electron chi connectivity index (χ1n) is 17.2. The monoisotopic (exact) mass is 654 g/mol. The maximum Gasteiger partial charge on any atom is 0.255 e. The number of aliphatic hydroxyl groups is 4. The molecule has 1 saturated carbocycles. The minimum Gasteiger partial charge on any atom is -0.508 e. The zero-order valence-electron chi connectivity index (χ0n) is 27.5. The molecule has 1 aromatic rings. The molecule has 47 heavy (non-hydrogen) atoms. The van der Waals surface area contributed by atoms with Crippen molar-refractivity contribution in [1.29, 1.82) is 0 Å². The third-order valence-electron chi connectivity index (χ3n) is 10.3. The van der Waals surface area contributed by atoms with Crippen molar-refractivity contribution in [3.8, 4) is 5.75 Å². The van der Waals surface area contributed by atoms with E-state index in [2.05, 4.69) is 12.2 Å². The summed E-state index contributed by atoms with van der Waals surface area (Å²) >= 11 is 0. The van der Waals surface area contributed by atoms with Gasteiger partial charge in [-0.15, -0.1) is 0 Å². The number of primary amides is 1. The molecule has 0 spiro atoms. The van der Waals surface area contributed by atoms with Crippen LogP contribution in [-0.4, -0.2) is 60.6 Å². The molecule has 2 amide bonds. The number of rotatable bonds is 16. The molecule has 0 heterocycles. The Kier molecular flexibility index (Phi) is 11.9. The summed E-state index contributed by atoms with van der Waals surface area (Å²) in [6, 6.07) is 3.05. The quantitative estimate of drug-likeness (QED) is 0.0693. The maximum absolute atomic E-state index is 13.8. The van der Waals surface area contributed by atoms with Crippen molar-refractivity contribution in [2.75, 3.05) is 5.32 Å². The number of Topliss-reactive ketones (excluding diaryl/α,β-unsaturated/α-hetero) is 2. The van der Waals surface area contributed by atoms with Crippen molar-refractivity contribution in [3.63, 3.8) is 0 Å². The van der Waals surface area contributed by atoms with Crippen molar-refractivity contribution in [2.45, 2.75) is 128 Å². The molecule has 4 rings (SSSR count). The Labute approximate surface area is 275 Å². The minimum absolute atomic E-state index is 0.0173. The number of unbranched alkanes of at least 4 members (excludes halogenated alkanes) is 12. The molecule has 5 atom stereocenters. The largest absolute Gasteiger partial charge is 0.508 e. The molecule has 0 radical (unpaired) electrons. The smallest absolute Gasteiger partial charge is 0.255 e. The summed E-state index contributed by atoms with van der Waals surface area (Å²) in [4.78, 5) is 51.0. The summed E-state index contributed by atoms with van der Waals surface area (Å²) in [5, 5.41) is 58.8. The van der Waals surface area contributed by atoms with Crippen LogP contribution in [0.15, 0.2) is 29.0 Å². The third kappa shape index (κ3) is 7.11. The van der Waals surface area contributed by atoms with Gasteiger partial charge in [-0.25, -0.2) is 0 Å². The van der Waals surface area contributed by atoms with Crippen molar-refractivity contribution in [1.82, 2.24) is 0 Å². The Balaban J connectivity index is 1.40. The lowest BCUT2D eigenvalue weighted by molar-refractivity contribution is -0.160. The highest BCUT2D eigenvalue weighted by molar-refractivity contribution is 6.23. The SMILES string of the molecule is CCCCCCCCCCCCCCCC(=O)Nc1ccc2c(c1O)C(O)=C1C(=O)[C@]3(O)C(O)=C(C(N)=O)C(=O)C[C@@H]3[C@@H](O)[C@@H]1[C@@H]2C. The predicted octanol–water partition coefficient (Wildman–Crippen LogP) is 5.38. The minimum atomic E-state index is -2.90. The van der Waals surface area contributed by atoms with Gasteiger partial charge < -0.3 is 36.6 Å². The number of nitrogens with one attached hydrogen (secondary N) is 1. The Hall–Kier alpha value is -3.70. The van der Waals surface area contributed by atoms with Crippen molar-refractivity contribution in [3.05, 3.63) is 40.2 Å². The van der Waals surface area contributed by atoms with E-state index in [1.54, 1.807) is 13.0 Å². The Bertz CT molecular complexity index is 1450. The van der Waals surface area contributed by atoms with Gasteiger partial charge in [0.2, 0.25) is 11.7 Å². The van der Waals surface area contributed by atoms with Gasteiger partial charge in [-0.2, -0.15) is 0 Å². The molecule has 258 valence electrons. The number of phenols is 1. The van der Waals surface area contributed by atoms with Gasteiger partial charge in [0.05, 0.1) is 17.4 Å². The van der Waals surface area contributed by atoms with E-state index in [9.17, 15) is 44.7 Å². The number of fused-ring (bicyclic) bond motifs is 3. The number of carbonyl (C=O) groups excluding carboxylic acids is 4. The lowest BCUT2D eigenvalue weighted by atomic mass is 9.55. The third-order valence-corrected chi connectivity index (χ3v) is 10.3. The van der Waals surface area contributed by atoms with E-state index in [1.807, 2.05) is 0 Å². The molecule has 0 aliphatic heterocycles. The van der Waals surface area contributed by atoms with Crippen LogP contribution in [0.4, 0.5) is 5.69 Å².